The highest BCUT2D eigenvalue weighted by Gasteiger charge is 2.25. The van der Waals surface area contributed by atoms with E-state index in [-0.39, 0.29) is 18.4 Å². The third kappa shape index (κ3) is 4.47. The molecule has 3 nitrogen and oxygen atoms in total. The number of likely N-dealkylation sites (tertiary alicyclic amines) is 1. The van der Waals surface area contributed by atoms with Crippen molar-refractivity contribution in [3.05, 3.63) is 0 Å². The van der Waals surface area contributed by atoms with Crippen LogP contribution in [0.1, 0.15) is 51.4 Å². The average molecular weight is 261 g/mol. The number of amides is 1. The van der Waals surface area contributed by atoms with Crippen LogP contribution in [0.15, 0.2) is 0 Å². The summed E-state index contributed by atoms with van der Waals surface area (Å²) in [5.41, 5.74) is 0. The second kappa shape index (κ2) is 7.93. The van der Waals surface area contributed by atoms with Crippen LogP contribution in [-0.2, 0) is 4.79 Å². The molecule has 0 saturated carbocycles. The van der Waals surface area contributed by atoms with Gasteiger partial charge in [-0.15, -0.1) is 12.4 Å². The van der Waals surface area contributed by atoms with Crippen LogP contribution in [-0.4, -0.2) is 36.5 Å². The monoisotopic (exact) mass is 260 g/mol. The van der Waals surface area contributed by atoms with E-state index < -0.39 is 0 Å². The van der Waals surface area contributed by atoms with Gasteiger partial charge in [-0.2, -0.15) is 0 Å². The predicted octanol–water partition coefficient (Wildman–Crippen LogP) is 2.34. The van der Waals surface area contributed by atoms with Gasteiger partial charge in [0.15, 0.2) is 0 Å². The molecule has 100 valence electrons. The van der Waals surface area contributed by atoms with Gasteiger partial charge in [-0.3, -0.25) is 4.79 Å². The van der Waals surface area contributed by atoms with Crippen molar-refractivity contribution in [3.8, 4) is 0 Å². The molecule has 1 unspecified atom stereocenters. The van der Waals surface area contributed by atoms with E-state index >= 15 is 0 Å². The molecule has 1 amide bonds. The molecule has 0 aromatic carbocycles. The topological polar surface area (TPSA) is 32.3 Å². The molecule has 2 heterocycles. The fraction of sp³-hybridized carbons (Fsp3) is 0.923. The first-order valence-electron chi connectivity index (χ1n) is 6.90. The van der Waals surface area contributed by atoms with E-state index in [9.17, 15) is 4.79 Å². The maximum atomic E-state index is 12.3. The van der Waals surface area contributed by atoms with Gasteiger partial charge in [0.05, 0.1) is 6.04 Å². The third-order valence-electron chi connectivity index (χ3n) is 3.78. The maximum Gasteiger partial charge on any atom is 0.239 e. The van der Waals surface area contributed by atoms with Crippen molar-refractivity contribution in [1.29, 1.82) is 0 Å². The van der Waals surface area contributed by atoms with Crippen molar-refractivity contribution in [1.82, 2.24) is 10.2 Å². The van der Waals surface area contributed by atoms with Crippen molar-refractivity contribution in [3.63, 3.8) is 0 Å². The summed E-state index contributed by atoms with van der Waals surface area (Å²) in [6, 6.07) is 0.119. The molecule has 0 spiro atoms. The van der Waals surface area contributed by atoms with Crippen molar-refractivity contribution >= 4 is 18.3 Å². The Morgan fingerprint density at radius 3 is 2.18 bits per heavy atom. The van der Waals surface area contributed by atoms with E-state index in [1.807, 2.05) is 0 Å². The minimum atomic E-state index is 0. The van der Waals surface area contributed by atoms with Gasteiger partial charge >= 0.3 is 0 Å². The molecule has 2 aliphatic rings. The third-order valence-corrected chi connectivity index (χ3v) is 3.78. The summed E-state index contributed by atoms with van der Waals surface area (Å²) in [5, 5.41) is 3.36. The molecule has 0 aromatic rings. The number of rotatable bonds is 1. The largest absolute Gasteiger partial charge is 0.341 e. The zero-order valence-electron chi connectivity index (χ0n) is 10.6. The Balaban J connectivity index is 0.00000144. The molecule has 2 rings (SSSR count). The summed E-state index contributed by atoms with van der Waals surface area (Å²) in [4.78, 5) is 14.4. The Morgan fingerprint density at radius 2 is 1.59 bits per heavy atom. The summed E-state index contributed by atoms with van der Waals surface area (Å²) < 4.78 is 0. The molecule has 0 aliphatic carbocycles. The Bertz CT molecular complexity index is 221. The van der Waals surface area contributed by atoms with Crippen LogP contribution in [0.2, 0.25) is 0 Å². The van der Waals surface area contributed by atoms with Gasteiger partial charge in [0.2, 0.25) is 5.91 Å². The van der Waals surface area contributed by atoms with Gasteiger partial charge in [-0.05, 0) is 32.2 Å². The standard InChI is InChI=1S/C13H24N2O.ClH/c16-13(12-8-4-5-9-14-12)15-10-6-2-1-3-7-11-15;/h12,14H,1-11H2;1H. The van der Waals surface area contributed by atoms with Gasteiger partial charge in [0.1, 0.15) is 0 Å². The molecule has 4 heteroatoms. The highest BCUT2D eigenvalue weighted by Crippen LogP contribution is 2.14. The summed E-state index contributed by atoms with van der Waals surface area (Å²) in [7, 11) is 0. The number of carbonyl (C=O) groups excluding carboxylic acids is 1. The second-order valence-corrected chi connectivity index (χ2v) is 5.10. The van der Waals surface area contributed by atoms with Crippen molar-refractivity contribution in [2.75, 3.05) is 19.6 Å². The lowest BCUT2D eigenvalue weighted by atomic mass is 10.0. The molecule has 2 saturated heterocycles. The lowest BCUT2D eigenvalue weighted by Gasteiger charge is -2.31. The molecular weight excluding hydrogens is 236 g/mol. The molecule has 17 heavy (non-hydrogen) atoms. The molecule has 1 N–H and O–H groups in total. The van der Waals surface area contributed by atoms with E-state index in [1.165, 1.54) is 44.9 Å². The number of carbonyl (C=O) groups is 1. The lowest BCUT2D eigenvalue weighted by molar-refractivity contribution is -0.134. The van der Waals surface area contributed by atoms with E-state index in [2.05, 4.69) is 10.2 Å². The molecule has 0 aromatic heterocycles. The first-order valence-corrected chi connectivity index (χ1v) is 6.90. The summed E-state index contributed by atoms with van der Waals surface area (Å²) >= 11 is 0. The Kier molecular flexibility index (Phi) is 6.90. The number of piperidine rings is 1. The quantitative estimate of drug-likeness (QED) is 0.785. The molecule has 2 aliphatic heterocycles. The second-order valence-electron chi connectivity index (χ2n) is 5.10. The van der Waals surface area contributed by atoms with E-state index in [0.717, 1.165) is 26.1 Å². The zero-order valence-corrected chi connectivity index (χ0v) is 11.4. The lowest BCUT2D eigenvalue weighted by Crippen LogP contribution is -2.49. The normalized spacial score (nSPS) is 26.6. The van der Waals surface area contributed by atoms with Gasteiger partial charge in [0.25, 0.3) is 0 Å². The number of hydrogen-bond acceptors (Lipinski definition) is 2. The molecule has 1 atom stereocenters. The molecule has 2 fully saturated rings. The highest BCUT2D eigenvalue weighted by atomic mass is 35.5. The number of hydrogen-bond donors (Lipinski definition) is 1. The smallest absolute Gasteiger partial charge is 0.239 e. The first kappa shape index (κ1) is 14.8. The van der Waals surface area contributed by atoms with E-state index in [4.69, 9.17) is 0 Å². The zero-order chi connectivity index (χ0) is 11.2. The van der Waals surface area contributed by atoms with Crippen molar-refractivity contribution < 1.29 is 4.79 Å². The average Bonchev–Trinajstić information content (AvgIpc) is 2.29. The van der Waals surface area contributed by atoms with E-state index in [0.29, 0.717) is 5.91 Å². The molecular formula is C13H25ClN2O. The first-order chi connectivity index (χ1) is 7.88. The van der Waals surface area contributed by atoms with Crippen molar-refractivity contribution in [2.45, 2.75) is 57.4 Å². The van der Waals surface area contributed by atoms with Crippen LogP contribution >= 0.6 is 12.4 Å². The predicted molar refractivity (Wildman–Crippen MR) is 72.6 cm³/mol. The van der Waals surface area contributed by atoms with Gasteiger partial charge in [-0.25, -0.2) is 0 Å². The summed E-state index contributed by atoms with van der Waals surface area (Å²) in [6.45, 7) is 2.98. The molecule has 0 bridgehead atoms. The van der Waals surface area contributed by atoms with Gasteiger partial charge < -0.3 is 10.2 Å². The van der Waals surface area contributed by atoms with Crippen LogP contribution < -0.4 is 5.32 Å². The number of nitrogens with one attached hydrogen (secondary N) is 1. The van der Waals surface area contributed by atoms with Gasteiger partial charge in [-0.1, -0.05) is 25.7 Å². The Morgan fingerprint density at radius 1 is 0.941 bits per heavy atom. The minimum Gasteiger partial charge on any atom is -0.341 e. The molecule has 0 radical (unpaired) electrons. The highest BCUT2D eigenvalue weighted by molar-refractivity contribution is 5.85. The van der Waals surface area contributed by atoms with Crippen LogP contribution in [0.4, 0.5) is 0 Å². The summed E-state index contributed by atoms with van der Waals surface area (Å²) in [6.07, 6.45) is 9.79. The van der Waals surface area contributed by atoms with Crippen molar-refractivity contribution in [2.24, 2.45) is 0 Å². The van der Waals surface area contributed by atoms with Crippen LogP contribution in [0.25, 0.3) is 0 Å². The maximum absolute atomic E-state index is 12.3. The van der Waals surface area contributed by atoms with E-state index in [1.54, 1.807) is 0 Å². The number of halogens is 1. The Labute approximate surface area is 111 Å². The van der Waals surface area contributed by atoms with Crippen LogP contribution in [0.3, 0.4) is 0 Å². The van der Waals surface area contributed by atoms with Crippen LogP contribution in [0.5, 0.6) is 0 Å². The fourth-order valence-corrected chi connectivity index (χ4v) is 2.75. The van der Waals surface area contributed by atoms with Gasteiger partial charge in [0, 0.05) is 13.1 Å². The number of nitrogens with zero attached hydrogens (tertiary/aromatic N) is 1. The fourth-order valence-electron chi connectivity index (χ4n) is 2.75. The van der Waals surface area contributed by atoms with Crippen LogP contribution in [0, 0.1) is 0 Å². The SMILES string of the molecule is Cl.O=C(C1CCCCN1)N1CCCCCCC1. The minimum absolute atomic E-state index is 0. The summed E-state index contributed by atoms with van der Waals surface area (Å²) in [5.74, 6) is 0.363. The Hall–Kier alpha value is -0.280.